The Morgan fingerprint density at radius 3 is 2.37 bits per heavy atom. The summed E-state index contributed by atoms with van der Waals surface area (Å²) in [5, 5.41) is 0. The third-order valence-electron chi connectivity index (χ3n) is 2.85. The SMILES string of the molecule is COc1cccc(CCOc2ccccc2OC)c1. The second-order valence-electron chi connectivity index (χ2n) is 4.10. The van der Waals surface area contributed by atoms with Gasteiger partial charge in [-0.1, -0.05) is 24.3 Å². The van der Waals surface area contributed by atoms with Gasteiger partial charge in [0.1, 0.15) is 5.75 Å². The Labute approximate surface area is 113 Å². The minimum Gasteiger partial charge on any atom is -0.497 e. The molecule has 2 aromatic rings. The summed E-state index contributed by atoms with van der Waals surface area (Å²) in [5.74, 6) is 2.40. The zero-order valence-electron chi connectivity index (χ0n) is 11.3. The summed E-state index contributed by atoms with van der Waals surface area (Å²) >= 11 is 0. The normalized spacial score (nSPS) is 10.0. The number of rotatable bonds is 6. The first-order valence-electron chi connectivity index (χ1n) is 6.22. The van der Waals surface area contributed by atoms with Crippen LogP contribution in [0, 0.1) is 0 Å². The molecule has 3 heteroatoms. The van der Waals surface area contributed by atoms with Gasteiger partial charge in [-0.25, -0.2) is 0 Å². The van der Waals surface area contributed by atoms with Gasteiger partial charge in [-0.3, -0.25) is 0 Å². The van der Waals surface area contributed by atoms with Crippen molar-refractivity contribution in [1.82, 2.24) is 0 Å². The molecule has 0 aliphatic carbocycles. The van der Waals surface area contributed by atoms with Gasteiger partial charge in [-0.2, -0.15) is 0 Å². The van der Waals surface area contributed by atoms with E-state index in [9.17, 15) is 0 Å². The number of para-hydroxylation sites is 2. The van der Waals surface area contributed by atoms with E-state index in [2.05, 4.69) is 6.07 Å². The molecule has 19 heavy (non-hydrogen) atoms. The summed E-state index contributed by atoms with van der Waals surface area (Å²) in [6, 6.07) is 15.7. The van der Waals surface area contributed by atoms with Gasteiger partial charge in [0.25, 0.3) is 0 Å². The van der Waals surface area contributed by atoms with Crippen LogP contribution in [-0.2, 0) is 6.42 Å². The molecule has 0 N–H and O–H groups in total. The Morgan fingerprint density at radius 2 is 1.63 bits per heavy atom. The van der Waals surface area contributed by atoms with Crippen molar-refractivity contribution in [2.24, 2.45) is 0 Å². The first kappa shape index (κ1) is 13.3. The van der Waals surface area contributed by atoms with Gasteiger partial charge < -0.3 is 14.2 Å². The molecule has 0 aliphatic heterocycles. The summed E-state index contributed by atoms with van der Waals surface area (Å²) in [4.78, 5) is 0. The molecule has 2 aromatic carbocycles. The van der Waals surface area contributed by atoms with E-state index in [0.29, 0.717) is 6.61 Å². The van der Waals surface area contributed by atoms with Crippen molar-refractivity contribution in [1.29, 1.82) is 0 Å². The number of hydrogen-bond acceptors (Lipinski definition) is 3. The van der Waals surface area contributed by atoms with Crippen LogP contribution in [0.3, 0.4) is 0 Å². The van der Waals surface area contributed by atoms with E-state index in [-0.39, 0.29) is 0 Å². The molecule has 0 aliphatic rings. The number of ether oxygens (including phenoxy) is 3. The number of hydrogen-bond donors (Lipinski definition) is 0. The lowest BCUT2D eigenvalue weighted by atomic mass is 10.1. The van der Waals surface area contributed by atoms with Gasteiger partial charge in [-0.15, -0.1) is 0 Å². The first-order chi connectivity index (χ1) is 9.33. The maximum atomic E-state index is 5.74. The van der Waals surface area contributed by atoms with Crippen LogP contribution in [0.2, 0.25) is 0 Å². The lowest BCUT2D eigenvalue weighted by molar-refractivity contribution is 0.297. The van der Waals surface area contributed by atoms with Crippen LogP contribution in [0.1, 0.15) is 5.56 Å². The molecule has 0 saturated carbocycles. The van der Waals surface area contributed by atoms with Gasteiger partial charge in [-0.05, 0) is 29.8 Å². The maximum Gasteiger partial charge on any atom is 0.161 e. The predicted octanol–water partition coefficient (Wildman–Crippen LogP) is 3.33. The standard InChI is InChI=1S/C16H18O3/c1-17-14-7-5-6-13(12-14)10-11-19-16-9-4-3-8-15(16)18-2/h3-9,12H,10-11H2,1-2H3. The Morgan fingerprint density at radius 1 is 0.842 bits per heavy atom. The van der Waals surface area contributed by atoms with E-state index in [1.807, 2.05) is 42.5 Å². The summed E-state index contributed by atoms with van der Waals surface area (Å²) in [7, 11) is 3.31. The molecule has 0 amide bonds. The third-order valence-corrected chi connectivity index (χ3v) is 2.85. The highest BCUT2D eigenvalue weighted by Crippen LogP contribution is 2.25. The molecule has 0 bridgehead atoms. The monoisotopic (exact) mass is 258 g/mol. The zero-order chi connectivity index (χ0) is 13.5. The molecule has 0 heterocycles. The van der Waals surface area contributed by atoms with Gasteiger partial charge in [0.05, 0.1) is 20.8 Å². The average Bonchev–Trinajstić information content (AvgIpc) is 2.48. The van der Waals surface area contributed by atoms with Crippen LogP contribution in [0.25, 0.3) is 0 Å². The van der Waals surface area contributed by atoms with Crippen LogP contribution in [0.4, 0.5) is 0 Å². The maximum absolute atomic E-state index is 5.74. The van der Waals surface area contributed by atoms with Crippen molar-refractivity contribution in [2.75, 3.05) is 20.8 Å². The van der Waals surface area contributed by atoms with Crippen LogP contribution >= 0.6 is 0 Å². The summed E-state index contributed by atoms with van der Waals surface area (Å²) in [6.07, 6.45) is 0.829. The highest BCUT2D eigenvalue weighted by molar-refractivity contribution is 5.39. The molecule has 3 nitrogen and oxygen atoms in total. The van der Waals surface area contributed by atoms with Crippen LogP contribution < -0.4 is 14.2 Å². The fraction of sp³-hybridized carbons (Fsp3) is 0.250. The molecular formula is C16H18O3. The smallest absolute Gasteiger partial charge is 0.161 e. The first-order valence-corrected chi connectivity index (χ1v) is 6.22. The minimum atomic E-state index is 0.605. The van der Waals surface area contributed by atoms with E-state index in [1.54, 1.807) is 14.2 Å². The van der Waals surface area contributed by atoms with Gasteiger partial charge in [0.15, 0.2) is 11.5 Å². The molecule has 0 fully saturated rings. The van der Waals surface area contributed by atoms with Crippen molar-refractivity contribution in [3.8, 4) is 17.2 Å². The largest absolute Gasteiger partial charge is 0.497 e. The fourth-order valence-electron chi connectivity index (χ4n) is 1.84. The second kappa shape index (κ2) is 6.69. The predicted molar refractivity (Wildman–Crippen MR) is 75.2 cm³/mol. The third kappa shape index (κ3) is 3.65. The zero-order valence-corrected chi connectivity index (χ0v) is 11.3. The molecule has 0 spiro atoms. The average molecular weight is 258 g/mol. The second-order valence-corrected chi connectivity index (χ2v) is 4.10. The minimum absolute atomic E-state index is 0.605. The van der Waals surface area contributed by atoms with Crippen LogP contribution in [0.5, 0.6) is 17.2 Å². The van der Waals surface area contributed by atoms with E-state index in [4.69, 9.17) is 14.2 Å². The van der Waals surface area contributed by atoms with E-state index in [1.165, 1.54) is 5.56 Å². The van der Waals surface area contributed by atoms with E-state index < -0.39 is 0 Å². The summed E-state index contributed by atoms with van der Waals surface area (Å²) < 4.78 is 16.2. The topological polar surface area (TPSA) is 27.7 Å². The van der Waals surface area contributed by atoms with Gasteiger partial charge in [0, 0.05) is 6.42 Å². The Bertz CT molecular complexity index is 523. The number of benzene rings is 2. The van der Waals surface area contributed by atoms with Crippen molar-refractivity contribution in [3.05, 3.63) is 54.1 Å². The lowest BCUT2D eigenvalue weighted by Crippen LogP contribution is -2.02. The highest BCUT2D eigenvalue weighted by Gasteiger charge is 2.02. The molecule has 100 valence electrons. The Hall–Kier alpha value is -2.16. The molecule has 0 atom stereocenters. The molecule has 0 unspecified atom stereocenters. The summed E-state index contributed by atoms with van der Waals surface area (Å²) in [6.45, 7) is 0.605. The molecule has 0 aromatic heterocycles. The van der Waals surface area contributed by atoms with Crippen molar-refractivity contribution >= 4 is 0 Å². The van der Waals surface area contributed by atoms with Crippen LogP contribution in [-0.4, -0.2) is 20.8 Å². The van der Waals surface area contributed by atoms with Crippen LogP contribution in [0.15, 0.2) is 48.5 Å². The molecule has 0 radical (unpaired) electrons. The Kier molecular flexibility index (Phi) is 4.67. The van der Waals surface area contributed by atoms with E-state index in [0.717, 1.165) is 23.7 Å². The molecule has 2 rings (SSSR count). The molecule has 0 saturated heterocycles. The molecular weight excluding hydrogens is 240 g/mol. The highest BCUT2D eigenvalue weighted by atomic mass is 16.5. The quantitative estimate of drug-likeness (QED) is 0.795. The lowest BCUT2D eigenvalue weighted by Gasteiger charge is -2.10. The van der Waals surface area contributed by atoms with Gasteiger partial charge >= 0.3 is 0 Å². The van der Waals surface area contributed by atoms with Crippen molar-refractivity contribution in [3.63, 3.8) is 0 Å². The van der Waals surface area contributed by atoms with Crippen molar-refractivity contribution < 1.29 is 14.2 Å². The number of methoxy groups -OCH3 is 2. The van der Waals surface area contributed by atoms with Crippen molar-refractivity contribution in [2.45, 2.75) is 6.42 Å². The fourth-order valence-corrected chi connectivity index (χ4v) is 1.84. The Balaban J connectivity index is 1.92. The van der Waals surface area contributed by atoms with E-state index >= 15 is 0 Å². The summed E-state index contributed by atoms with van der Waals surface area (Å²) in [5.41, 5.74) is 1.19. The van der Waals surface area contributed by atoms with Gasteiger partial charge in [0.2, 0.25) is 0 Å².